The second-order valence-electron chi connectivity index (χ2n) is 4.08. The third kappa shape index (κ3) is 3.06. The lowest BCUT2D eigenvalue weighted by Gasteiger charge is -1.98. The number of carbonyl (C=O) groups excluding carboxylic acids is 1. The second-order valence-corrected chi connectivity index (χ2v) is 4.08. The minimum absolute atomic E-state index is 0.451. The summed E-state index contributed by atoms with van der Waals surface area (Å²) < 4.78 is 4.55. The van der Waals surface area contributed by atoms with Crippen LogP contribution in [0, 0.1) is 5.92 Å². The zero-order valence-electron chi connectivity index (χ0n) is 9.23. The quantitative estimate of drug-likeness (QED) is 0.666. The number of hydrogen-bond acceptors (Lipinski definition) is 3. The molecule has 3 nitrogen and oxygen atoms in total. The van der Waals surface area contributed by atoms with Crippen molar-refractivity contribution in [1.29, 1.82) is 0 Å². The van der Waals surface area contributed by atoms with E-state index in [1.807, 2.05) is 0 Å². The van der Waals surface area contributed by atoms with Gasteiger partial charge >= 0.3 is 5.97 Å². The first-order valence-electron chi connectivity index (χ1n) is 5.00. The number of rotatable bonds is 0. The Morgan fingerprint density at radius 1 is 1.27 bits per heavy atom. The SMILES string of the molecule is CC(C)C.O=C1OC(O)c2ccccc21. The Morgan fingerprint density at radius 2 is 1.80 bits per heavy atom. The molecule has 0 radical (unpaired) electrons. The molecule has 0 amide bonds. The predicted molar refractivity (Wildman–Crippen MR) is 57.3 cm³/mol. The molecule has 1 aromatic carbocycles. The molecule has 1 atom stereocenters. The number of esters is 1. The molecule has 0 fully saturated rings. The summed E-state index contributed by atoms with van der Waals surface area (Å²) in [6, 6.07) is 6.79. The molecule has 0 aliphatic carbocycles. The standard InChI is InChI=1S/C8H6O3.C4H10/c9-7-5-3-1-2-4-6(5)8(10)11-7;1-4(2)3/h1-4,7,9H;4H,1-3H3. The zero-order chi connectivity index (χ0) is 11.4. The lowest BCUT2D eigenvalue weighted by molar-refractivity contribution is -0.0547. The van der Waals surface area contributed by atoms with Gasteiger partial charge < -0.3 is 9.84 Å². The average Bonchev–Trinajstić information content (AvgIpc) is 2.43. The topological polar surface area (TPSA) is 46.5 Å². The fraction of sp³-hybridized carbons (Fsp3) is 0.417. The first-order chi connectivity index (χ1) is 7.02. The van der Waals surface area contributed by atoms with Crippen LogP contribution < -0.4 is 0 Å². The van der Waals surface area contributed by atoms with Crippen molar-refractivity contribution in [3.8, 4) is 0 Å². The maximum atomic E-state index is 10.9. The maximum Gasteiger partial charge on any atom is 0.341 e. The van der Waals surface area contributed by atoms with E-state index in [1.54, 1.807) is 24.3 Å². The van der Waals surface area contributed by atoms with Crippen molar-refractivity contribution in [2.75, 3.05) is 0 Å². The number of aliphatic hydroxyl groups excluding tert-OH is 1. The highest BCUT2D eigenvalue weighted by molar-refractivity contribution is 5.93. The van der Waals surface area contributed by atoms with Crippen LogP contribution in [0.2, 0.25) is 0 Å². The van der Waals surface area contributed by atoms with Crippen molar-refractivity contribution in [2.24, 2.45) is 5.92 Å². The van der Waals surface area contributed by atoms with Crippen LogP contribution in [0.25, 0.3) is 0 Å². The number of cyclic esters (lactones) is 1. The van der Waals surface area contributed by atoms with E-state index < -0.39 is 12.3 Å². The van der Waals surface area contributed by atoms with Crippen LogP contribution in [-0.2, 0) is 4.74 Å². The minimum Gasteiger partial charge on any atom is -0.428 e. The van der Waals surface area contributed by atoms with E-state index in [0.717, 1.165) is 5.92 Å². The number of ether oxygens (including phenoxy) is 1. The van der Waals surface area contributed by atoms with Crippen LogP contribution >= 0.6 is 0 Å². The van der Waals surface area contributed by atoms with E-state index >= 15 is 0 Å². The van der Waals surface area contributed by atoms with Gasteiger partial charge in [-0.25, -0.2) is 4.79 Å². The molecule has 0 bridgehead atoms. The minimum atomic E-state index is -1.07. The van der Waals surface area contributed by atoms with Gasteiger partial charge in [0.15, 0.2) is 0 Å². The summed E-state index contributed by atoms with van der Waals surface area (Å²) in [6.07, 6.45) is -1.07. The number of carbonyl (C=O) groups is 1. The van der Waals surface area contributed by atoms with Gasteiger partial charge in [0.25, 0.3) is 0 Å². The molecular formula is C12H16O3. The molecule has 0 saturated carbocycles. The molecule has 2 rings (SSSR count). The molecule has 0 saturated heterocycles. The van der Waals surface area contributed by atoms with Gasteiger partial charge in [-0.3, -0.25) is 0 Å². The molecule has 82 valence electrons. The largest absolute Gasteiger partial charge is 0.428 e. The molecule has 1 aliphatic heterocycles. The molecule has 0 spiro atoms. The van der Waals surface area contributed by atoms with E-state index in [0.29, 0.717) is 11.1 Å². The summed E-state index contributed by atoms with van der Waals surface area (Å²) in [7, 11) is 0. The van der Waals surface area contributed by atoms with Crippen molar-refractivity contribution in [1.82, 2.24) is 0 Å². The monoisotopic (exact) mass is 208 g/mol. The molecule has 1 aromatic rings. The van der Waals surface area contributed by atoms with Gasteiger partial charge in [-0.15, -0.1) is 0 Å². The lowest BCUT2D eigenvalue weighted by atomic mass is 10.1. The van der Waals surface area contributed by atoms with Gasteiger partial charge in [0.2, 0.25) is 6.29 Å². The van der Waals surface area contributed by atoms with Crippen LogP contribution in [0.15, 0.2) is 24.3 Å². The third-order valence-corrected chi connectivity index (χ3v) is 1.67. The van der Waals surface area contributed by atoms with E-state index in [1.165, 1.54) is 0 Å². The first-order valence-corrected chi connectivity index (χ1v) is 5.00. The molecule has 15 heavy (non-hydrogen) atoms. The molecule has 3 heteroatoms. The predicted octanol–water partition coefficient (Wildman–Crippen LogP) is 2.51. The molecule has 1 unspecified atom stereocenters. The lowest BCUT2D eigenvalue weighted by Crippen LogP contribution is -1.95. The van der Waals surface area contributed by atoms with Crippen LogP contribution in [0.4, 0.5) is 0 Å². The van der Waals surface area contributed by atoms with Gasteiger partial charge in [0.05, 0.1) is 5.56 Å². The zero-order valence-corrected chi connectivity index (χ0v) is 9.23. The van der Waals surface area contributed by atoms with E-state index in [2.05, 4.69) is 25.5 Å². The molecule has 0 aromatic heterocycles. The Labute approximate surface area is 89.7 Å². The van der Waals surface area contributed by atoms with Crippen LogP contribution in [0.1, 0.15) is 43.0 Å². The Morgan fingerprint density at radius 3 is 2.33 bits per heavy atom. The number of aliphatic hydroxyl groups is 1. The van der Waals surface area contributed by atoms with E-state index in [-0.39, 0.29) is 0 Å². The highest BCUT2D eigenvalue weighted by Gasteiger charge is 2.28. The normalized spacial score (nSPS) is 17.9. The highest BCUT2D eigenvalue weighted by Crippen LogP contribution is 2.27. The van der Waals surface area contributed by atoms with Crippen molar-refractivity contribution < 1.29 is 14.6 Å². The second kappa shape index (κ2) is 4.94. The third-order valence-electron chi connectivity index (χ3n) is 1.67. The van der Waals surface area contributed by atoms with Crippen molar-refractivity contribution in [3.63, 3.8) is 0 Å². The summed E-state index contributed by atoms with van der Waals surface area (Å²) >= 11 is 0. The molecule has 1 N–H and O–H groups in total. The Kier molecular flexibility index (Phi) is 3.86. The summed E-state index contributed by atoms with van der Waals surface area (Å²) in [5, 5.41) is 9.11. The fourth-order valence-electron chi connectivity index (χ4n) is 1.13. The summed E-state index contributed by atoms with van der Waals surface area (Å²) in [5.74, 6) is 0.382. The van der Waals surface area contributed by atoms with Gasteiger partial charge in [0.1, 0.15) is 0 Å². The van der Waals surface area contributed by atoms with Crippen LogP contribution in [0.5, 0.6) is 0 Å². The van der Waals surface area contributed by atoms with Crippen molar-refractivity contribution >= 4 is 5.97 Å². The molecule has 1 heterocycles. The van der Waals surface area contributed by atoms with Crippen LogP contribution in [0.3, 0.4) is 0 Å². The van der Waals surface area contributed by atoms with Gasteiger partial charge in [0, 0.05) is 5.56 Å². The maximum absolute atomic E-state index is 10.9. The first kappa shape index (κ1) is 11.7. The average molecular weight is 208 g/mol. The highest BCUT2D eigenvalue weighted by atomic mass is 16.6. The van der Waals surface area contributed by atoms with Gasteiger partial charge in [-0.05, 0) is 12.0 Å². The Bertz CT molecular complexity index is 342. The smallest absolute Gasteiger partial charge is 0.341 e. The Hall–Kier alpha value is -1.35. The van der Waals surface area contributed by atoms with Crippen molar-refractivity contribution in [2.45, 2.75) is 27.1 Å². The van der Waals surface area contributed by atoms with Gasteiger partial charge in [-0.1, -0.05) is 39.0 Å². The molecular weight excluding hydrogens is 192 g/mol. The van der Waals surface area contributed by atoms with Gasteiger partial charge in [-0.2, -0.15) is 0 Å². The summed E-state index contributed by atoms with van der Waals surface area (Å²) in [6.45, 7) is 6.50. The summed E-state index contributed by atoms with van der Waals surface area (Å²) in [4.78, 5) is 10.9. The van der Waals surface area contributed by atoms with Crippen LogP contribution in [-0.4, -0.2) is 11.1 Å². The molecule has 1 aliphatic rings. The van der Waals surface area contributed by atoms with Crippen molar-refractivity contribution in [3.05, 3.63) is 35.4 Å². The van der Waals surface area contributed by atoms with E-state index in [4.69, 9.17) is 5.11 Å². The number of hydrogen-bond donors (Lipinski definition) is 1. The van der Waals surface area contributed by atoms with E-state index in [9.17, 15) is 4.79 Å². The number of benzene rings is 1. The summed E-state index contributed by atoms with van der Waals surface area (Å²) in [5.41, 5.74) is 1.01. The fourth-order valence-corrected chi connectivity index (χ4v) is 1.13. The Balaban J connectivity index is 0.000000245. The number of fused-ring (bicyclic) bond motifs is 1.